The van der Waals surface area contributed by atoms with E-state index in [0.717, 1.165) is 11.8 Å². The molecule has 1 aromatic rings. The fourth-order valence-electron chi connectivity index (χ4n) is 4.55. The topological polar surface area (TPSA) is 72.2 Å². The Bertz CT molecular complexity index is 632. The van der Waals surface area contributed by atoms with Crippen LogP contribution in [0.4, 0.5) is 5.69 Å². The molecule has 5 nitrogen and oxygen atoms in total. The second-order valence-electron chi connectivity index (χ2n) is 6.41. The SMILES string of the molecule is O=C(NC1C2C3CCC(C3)C12)c1cc([N+](=O)[O-])ccc1Br. The summed E-state index contributed by atoms with van der Waals surface area (Å²) in [6.45, 7) is 0. The van der Waals surface area contributed by atoms with Crippen molar-refractivity contribution in [1.82, 2.24) is 5.32 Å². The summed E-state index contributed by atoms with van der Waals surface area (Å²) >= 11 is 3.30. The van der Waals surface area contributed by atoms with Crippen molar-refractivity contribution in [1.29, 1.82) is 0 Å². The third-order valence-corrected chi connectivity index (χ3v) is 6.13. The van der Waals surface area contributed by atoms with Gasteiger partial charge in [-0.1, -0.05) is 0 Å². The predicted molar refractivity (Wildman–Crippen MR) is 79.9 cm³/mol. The van der Waals surface area contributed by atoms with Crippen LogP contribution >= 0.6 is 15.9 Å². The second kappa shape index (κ2) is 4.53. The highest BCUT2D eigenvalue weighted by molar-refractivity contribution is 9.10. The number of nitrogens with one attached hydrogen (secondary N) is 1. The predicted octanol–water partition coefficient (Wildman–Crippen LogP) is 3.13. The Balaban J connectivity index is 1.51. The number of rotatable bonds is 3. The molecule has 1 aromatic carbocycles. The number of nitro benzene ring substituents is 1. The Kier molecular flexibility index (Phi) is 2.86. The highest BCUT2D eigenvalue weighted by Crippen LogP contribution is 2.65. The molecule has 4 unspecified atom stereocenters. The molecule has 3 saturated carbocycles. The first kappa shape index (κ1) is 13.2. The number of carbonyl (C=O) groups is 1. The molecule has 0 spiro atoms. The Labute approximate surface area is 130 Å². The van der Waals surface area contributed by atoms with Crippen LogP contribution in [0, 0.1) is 33.8 Å². The van der Waals surface area contributed by atoms with Crippen molar-refractivity contribution in [3.05, 3.63) is 38.3 Å². The monoisotopic (exact) mass is 350 g/mol. The number of non-ortho nitro benzene ring substituents is 1. The molecule has 0 aromatic heterocycles. The quantitative estimate of drug-likeness (QED) is 0.672. The van der Waals surface area contributed by atoms with E-state index in [4.69, 9.17) is 0 Å². The van der Waals surface area contributed by atoms with Crippen LogP contribution in [0.15, 0.2) is 22.7 Å². The van der Waals surface area contributed by atoms with E-state index in [-0.39, 0.29) is 17.6 Å². The summed E-state index contributed by atoms with van der Waals surface area (Å²) in [5, 5.41) is 13.9. The van der Waals surface area contributed by atoms with Crippen molar-refractivity contribution in [2.45, 2.75) is 25.3 Å². The van der Waals surface area contributed by atoms with Crippen molar-refractivity contribution in [2.24, 2.45) is 23.7 Å². The second-order valence-corrected chi connectivity index (χ2v) is 7.26. The summed E-state index contributed by atoms with van der Waals surface area (Å²) in [4.78, 5) is 22.7. The first-order valence-corrected chi connectivity index (χ1v) is 8.10. The minimum atomic E-state index is -0.477. The molecular formula is C15H15BrN2O3. The zero-order valence-corrected chi connectivity index (χ0v) is 12.9. The number of amides is 1. The normalized spacial score (nSPS) is 35.4. The summed E-state index contributed by atoms with van der Waals surface area (Å²) in [5.41, 5.74) is 0.293. The minimum Gasteiger partial charge on any atom is -0.349 e. The molecular weight excluding hydrogens is 336 g/mol. The van der Waals surface area contributed by atoms with Crippen molar-refractivity contribution in [3.63, 3.8) is 0 Å². The van der Waals surface area contributed by atoms with E-state index in [9.17, 15) is 14.9 Å². The summed E-state index contributed by atoms with van der Waals surface area (Å²) < 4.78 is 0.597. The van der Waals surface area contributed by atoms with E-state index < -0.39 is 4.92 Å². The number of carbonyl (C=O) groups excluding carboxylic acids is 1. The van der Waals surface area contributed by atoms with Crippen molar-refractivity contribution in [2.75, 3.05) is 0 Å². The average Bonchev–Trinajstić information content (AvgIpc) is 2.83. The zero-order chi connectivity index (χ0) is 14.7. The number of hydrogen-bond donors (Lipinski definition) is 1. The molecule has 2 bridgehead atoms. The molecule has 0 saturated heterocycles. The van der Waals surface area contributed by atoms with Gasteiger partial charge in [-0.15, -0.1) is 0 Å². The van der Waals surface area contributed by atoms with Crippen LogP contribution in [0.3, 0.4) is 0 Å². The number of hydrogen-bond acceptors (Lipinski definition) is 3. The highest BCUT2D eigenvalue weighted by atomic mass is 79.9. The van der Waals surface area contributed by atoms with Gasteiger partial charge in [0.15, 0.2) is 0 Å². The third kappa shape index (κ3) is 1.99. The molecule has 0 heterocycles. The van der Waals surface area contributed by atoms with Gasteiger partial charge >= 0.3 is 0 Å². The van der Waals surface area contributed by atoms with Gasteiger partial charge in [-0.3, -0.25) is 14.9 Å². The largest absolute Gasteiger partial charge is 0.349 e. The maximum Gasteiger partial charge on any atom is 0.270 e. The van der Waals surface area contributed by atoms with E-state index in [1.165, 1.54) is 31.4 Å². The average molecular weight is 351 g/mol. The lowest BCUT2D eigenvalue weighted by atomic mass is 10.0. The summed E-state index contributed by atoms with van der Waals surface area (Å²) in [7, 11) is 0. The molecule has 3 aliphatic carbocycles. The fraction of sp³-hybridized carbons (Fsp3) is 0.533. The molecule has 110 valence electrons. The van der Waals surface area contributed by atoms with Crippen LogP contribution in [-0.4, -0.2) is 16.9 Å². The van der Waals surface area contributed by atoms with Crippen LogP contribution < -0.4 is 5.32 Å². The summed E-state index contributed by atoms with van der Waals surface area (Å²) in [5.74, 6) is 2.69. The molecule has 3 fully saturated rings. The lowest BCUT2D eigenvalue weighted by Gasteiger charge is -2.11. The fourth-order valence-corrected chi connectivity index (χ4v) is 4.98. The molecule has 4 atom stereocenters. The van der Waals surface area contributed by atoms with Crippen LogP contribution in [0.1, 0.15) is 29.6 Å². The van der Waals surface area contributed by atoms with E-state index in [2.05, 4.69) is 21.2 Å². The van der Waals surface area contributed by atoms with Gasteiger partial charge in [0.1, 0.15) is 0 Å². The maximum absolute atomic E-state index is 12.4. The first-order chi connectivity index (χ1) is 10.1. The first-order valence-electron chi connectivity index (χ1n) is 7.31. The Hall–Kier alpha value is -1.43. The standard InChI is InChI=1S/C15H15BrN2O3/c16-11-4-3-9(18(20)21)6-10(11)15(19)17-14-12-7-1-2-8(5-7)13(12)14/h3-4,6-8,12-14H,1-2,5H2,(H,17,19). The lowest BCUT2D eigenvalue weighted by molar-refractivity contribution is -0.384. The molecule has 21 heavy (non-hydrogen) atoms. The summed E-state index contributed by atoms with van der Waals surface area (Å²) in [6.07, 6.45) is 3.94. The highest BCUT2D eigenvalue weighted by Gasteiger charge is 2.65. The van der Waals surface area contributed by atoms with Crippen LogP contribution in [-0.2, 0) is 0 Å². The van der Waals surface area contributed by atoms with Gasteiger partial charge in [-0.25, -0.2) is 0 Å². The molecule has 6 heteroatoms. The van der Waals surface area contributed by atoms with Crippen molar-refractivity contribution >= 4 is 27.5 Å². The summed E-state index contributed by atoms with van der Waals surface area (Å²) in [6, 6.07) is 4.58. The molecule has 3 aliphatic rings. The van der Waals surface area contributed by atoms with Gasteiger partial charge in [0.25, 0.3) is 11.6 Å². The van der Waals surface area contributed by atoms with E-state index in [1.807, 2.05) is 0 Å². The number of benzene rings is 1. The number of halogens is 1. The Morgan fingerprint density at radius 1 is 1.29 bits per heavy atom. The van der Waals surface area contributed by atoms with E-state index in [0.29, 0.717) is 21.9 Å². The van der Waals surface area contributed by atoms with Crippen LogP contribution in [0.2, 0.25) is 0 Å². The van der Waals surface area contributed by atoms with Gasteiger partial charge in [0, 0.05) is 22.6 Å². The van der Waals surface area contributed by atoms with Crippen LogP contribution in [0.25, 0.3) is 0 Å². The lowest BCUT2D eigenvalue weighted by Crippen LogP contribution is -2.30. The molecule has 0 radical (unpaired) electrons. The van der Waals surface area contributed by atoms with E-state index >= 15 is 0 Å². The number of fused-ring (bicyclic) bond motifs is 5. The number of nitrogens with zero attached hydrogens (tertiary/aromatic N) is 1. The minimum absolute atomic E-state index is 0.0561. The smallest absolute Gasteiger partial charge is 0.270 e. The third-order valence-electron chi connectivity index (χ3n) is 5.44. The van der Waals surface area contributed by atoms with Crippen LogP contribution in [0.5, 0.6) is 0 Å². The van der Waals surface area contributed by atoms with Gasteiger partial charge in [-0.05, 0) is 64.9 Å². The van der Waals surface area contributed by atoms with Crippen molar-refractivity contribution in [3.8, 4) is 0 Å². The molecule has 1 N–H and O–H groups in total. The molecule has 0 aliphatic heterocycles. The zero-order valence-electron chi connectivity index (χ0n) is 11.3. The number of nitro groups is 1. The van der Waals surface area contributed by atoms with Gasteiger partial charge < -0.3 is 5.32 Å². The maximum atomic E-state index is 12.4. The molecule has 4 rings (SSSR count). The van der Waals surface area contributed by atoms with Gasteiger partial charge in [0.05, 0.1) is 10.5 Å². The Morgan fingerprint density at radius 2 is 1.95 bits per heavy atom. The van der Waals surface area contributed by atoms with Gasteiger partial charge in [-0.2, -0.15) is 0 Å². The van der Waals surface area contributed by atoms with Crippen molar-refractivity contribution < 1.29 is 9.72 Å². The van der Waals surface area contributed by atoms with E-state index in [1.54, 1.807) is 6.07 Å². The van der Waals surface area contributed by atoms with Gasteiger partial charge in [0.2, 0.25) is 0 Å². The molecule has 1 amide bonds. The Morgan fingerprint density at radius 3 is 2.57 bits per heavy atom.